The number of rotatable bonds is 7. The van der Waals surface area contributed by atoms with Crippen molar-refractivity contribution >= 4 is 0 Å². The lowest BCUT2D eigenvalue weighted by Crippen LogP contribution is -2.25. The summed E-state index contributed by atoms with van der Waals surface area (Å²) in [5, 5.41) is 17.2. The Kier molecular flexibility index (Phi) is 3.39. The Morgan fingerprint density at radius 3 is 2.68 bits per heavy atom. The molecule has 2 fully saturated rings. The lowest BCUT2D eigenvalue weighted by Gasteiger charge is -2.15. The minimum atomic E-state index is 0.152. The number of nitrogens with one attached hydrogen (secondary N) is 1. The number of aliphatic hydroxyl groups is 1. The largest absolute Gasteiger partial charge is 0.394 e. The summed E-state index contributed by atoms with van der Waals surface area (Å²) in [5.41, 5.74) is 4.24. The van der Waals surface area contributed by atoms with E-state index in [9.17, 15) is 0 Å². The van der Waals surface area contributed by atoms with Crippen LogP contribution >= 0.6 is 0 Å². The van der Waals surface area contributed by atoms with E-state index in [-0.39, 0.29) is 6.61 Å². The molecule has 106 valence electrons. The van der Waals surface area contributed by atoms with Gasteiger partial charge in [0.15, 0.2) is 0 Å². The molecule has 4 heteroatoms. The summed E-state index contributed by atoms with van der Waals surface area (Å²) in [5.74, 6) is 1.01. The van der Waals surface area contributed by atoms with E-state index in [0.29, 0.717) is 12.0 Å². The van der Waals surface area contributed by atoms with Crippen LogP contribution in [0.25, 0.3) is 0 Å². The van der Waals surface area contributed by atoms with Crippen molar-refractivity contribution in [1.82, 2.24) is 15.1 Å². The normalized spacial score (nSPS) is 20.8. The van der Waals surface area contributed by atoms with Crippen LogP contribution in [-0.4, -0.2) is 28.0 Å². The van der Waals surface area contributed by atoms with Crippen molar-refractivity contribution in [3.05, 3.63) is 17.0 Å². The van der Waals surface area contributed by atoms with Gasteiger partial charge < -0.3 is 10.4 Å². The number of nitrogens with zero attached hydrogens (tertiary/aromatic N) is 2. The molecular weight excluding hydrogens is 238 g/mol. The van der Waals surface area contributed by atoms with Gasteiger partial charge in [-0.2, -0.15) is 5.10 Å². The number of aromatic nitrogens is 2. The van der Waals surface area contributed by atoms with Crippen molar-refractivity contribution in [3.63, 3.8) is 0 Å². The van der Waals surface area contributed by atoms with Gasteiger partial charge in [0.05, 0.1) is 18.8 Å². The first-order valence-electron chi connectivity index (χ1n) is 7.51. The molecule has 1 heterocycles. The molecule has 0 spiro atoms. The van der Waals surface area contributed by atoms with Gasteiger partial charge in [0, 0.05) is 24.3 Å². The molecule has 2 saturated carbocycles. The molecule has 0 aliphatic heterocycles. The van der Waals surface area contributed by atoms with Crippen LogP contribution in [0.15, 0.2) is 0 Å². The summed E-state index contributed by atoms with van der Waals surface area (Å²) in [7, 11) is 0. The SMILES string of the molecule is Cc1nn(CCO)c(C)c1CNCC1(C2CC2)CC1. The summed E-state index contributed by atoms with van der Waals surface area (Å²) in [6, 6.07) is 0. The molecule has 1 aromatic rings. The van der Waals surface area contributed by atoms with Crippen molar-refractivity contribution in [2.24, 2.45) is 11.3 Å². The number of aryl methyl sites for hydroxylation is 1. The monoisotopic (exact) mass is 263 g/mol. The van der Waals surface area contributed by atoms with Crippen molar-refractivity contribution < 1.29 is 5.11 Å². The van der Waals surface area contributed by atoms with E-state index in [0.717, 1.165) is 18.2 Å². The Morgan fingerprint density at radius 2 is 2.11 bits per heavy atom. The third-order valence-electron chi connectivity index (χ3n) is 4.96. The molecule has 0 saturated heterocycles. The molecule has 0 aromatic carbocycles. The summed E-state index contributed by atoms with van der Waals surface area (Å²) in [6.07, 6.45) is 5.75. The molecule has 2 aliphatic carbocycles. The molecule has 0 atom stereocenters. The van der Waals surface area contributed by atoms with Crippen molar-refractivity contribution in [2.75, 3.05) is 13.2 Å². The summed E-state index contributed by atoms with van der Waals surface area (Å²) < 4.78 is 1.92. The van der Waals surface area contributed by atoms with Crippen LogP contribution in [0.5, 0.6) is 0 Å². The molecule has 0 amide bonds. The van der Waals surface area contributed by atoms with Gasteiger partial charge in [0.1, 0.15) is 0 Å². The number of hydrogen-bond donors (Lipinski definition) is 2. The van der Waals surface area contributed by atoms with Gasteiger partial charge in [-0.05, 0) is 50.9 Å². The van der Waals surface area contributed by atoms with Crippen LogP contribution in [0, 0.1) is 25.2 Å². The standard InChI is InChI=1S/C15H25N3O/c1-11-14(12(2)18(17-11)7-8-19)9-16-10-15(5-6-15)13-3-4-13/h13,16,19H,3-10H2,1-2H3. The molecule has 1 aromatic heterocycles. The highest BCUT2D eigenvalue weighted by Crippen LogP contribution is 2.60. The van der Waals surface area contributed by atoms with E-state index >= 15 is 0 Å². The molecule has 2 N–H and O–H groups in total. The first-order valence-corrected chi connectivity index (χ1v) is 7.51. The smallest absolute Gasteiger partial charge is 0.0644 e. The minimum Gasteiger partial charge on any atom is -0.394 e. The van der Waals surface area contributed by atoms with Crippen molar-refractivity contribution in [3.8, 4) is 0 Å². The molecule has 19 heavy (non-hydrogen) atoms. The molecule has 2 aliphatic rings. The third-order valence-corrected chi connectivity index (χ3v) is 4.96. The zero-order valence-electron chi connectivity index (χ0n) is 12.1. The van der Waals surface area contributed by atoms with E-state index in [1.807, 2.05) is 4.68 Å². The van der Waals surface area contributed by atoms with Crippen LogP contribution in [0.1, 0.15) is 42.6 Å². The second-order valence-corrected chi connectivity index (χ2v) is 6.34. The Balaban J connectivity index is 1.57. The second kappa shape index (κ2) is 4.91. The first kappa shape index (κ1) is 13.1. The Bertz CT molecular complexity index is 458. The maximum atomic E-state index is 9.03. The van der Waals surface area contributed by atoms with Crippen LogP contribution in [0.2, 0.25) is 0 Å². The lowest BCUT2D eigenvalue weighted by atomic mass is 10.0. The fraction of sp³-hybridized carbons (Fsp3) is 0.800. The average molecular weight is 263 g/mol. The van der Waals surface area contributed by atoms with Crippen molar-refractivity contribution in [2.45, 2.75) is 52.6 Å². The molecule has 4 nitrogen and oxygen atoms in total. The summed E-state index contributed by atoms with van der Waals surface area (Å²) >= 11 is 0. The average Bonchev–Trinajstić information content (AvgIpc) is 3.26. The molecule has 0 unspecified atom stereocenters. The number of hydrogen-bond acceptors (Lipinski definition) is 3. The fourth-order valence-electron chi connectivity index (χ4n) is 3.32. The Hall–Kier alpha value is -0.870. The van der Waals surface area contributed by atoms with Crippen LogP contribution in [-0.2, 0) is 13.1 Å². The zero-order chi connectivity index (χ0) is 13.5. The molecule has 0 bridgehead atoms. The van der Waals surface area contributed by atoms with Gasteiger partial charge in [-0.1, -0.05) is 0 Å². The summed E-state index contributed by atoms with van der Waals surface area (Å²) in [6.45, 7) is 6.99. The maximum absolute atomic E-state index is 9.03. The van der Waals surface area contributed by atoms with E-state index in [1.54, 1.807) is 0 Å². The van der Waals surface area contributed by atoms with Gasteiger partial charge in [-0.25, -0.2) is 0 Å². The topological polar surface area (TPSA) is 50.1 Å². The van der Waals surface area contributed by atoms with E-state index < -0.39 is 0 Å². The zero-order valence-corrected chi connectivity index (χ0v) is 12.1. The molecule has 3 rings (SSSR count). The van der Waals surface area contributed by atoms with Gasteiger partial charge in [-0.15, -0.1) is 0 Å². The van der Waals surface area contributed by atoms with Crippen molar-refractivity contribution in [1.29, 1.82) is 0 Å². The Labute approximate surface area is 115 Å². The van der Waals surface area contributed by atoms with E-state index in [1.165, 1.54) is 43.5 Å². The third kappa shape index (κ3) is 2.56. The predicted octanol–water partition coefficient (Wildman–Crippen LogP) is 1.77. The molecular formula is C15H25N3O. The minimum absolute atomic E-state index is 0.152. The van der Waals surface area contributed by atoms with Gasteiger partial charge in [0.25, 0.3) is 0 Å². The fourth-order valence-corrected chi connectivity index (χ4v) is 3.32. The van der Waals surface area contributed by atoms with Gasteiger partial charge in [0.2, 0.25) is 0 Å². The van der Waals surface area contributed by atoms with E-state index in [2.05, 4.69) is 24.3 Å². The highest BCUT2D eigenvalue weighted by atomic mass is 16.3. The van der Waals surface area contributed by atoms with Gasteiger partial charge >= 0.3 is 0 Å². The highest BCUT2D eigenvalue weighted by Gasteiger charge is 2.53. The quantitative estimate of drug-likeness (QED) is 0.788. The summed E-state index contributed by atoms with van der Waals surface area (Å²) in [4.78, 5) is 0. The lowest BCUT2D eigenvalue weighted by molar-refractivity contribution is 0.267. The van der Waals surface area contributed by atoms with Gasteiger partial charge in [-0.3, -0.25) is 4.68 Å². The van der Waals surface area contributed by atoms with Crippen LogP contribution in [0.4, 0.5) is 0 Å². The van der Waals surface area contributed by atoms with E-state index in [4.69, 9.17) is 5.11 Å². The first-order chi connectivity index (χ1) is 9.16. The van der Waals surface area contributed by atoms with Crippen LogP contribution < -0.4 is 5.32 Å². The van der Waals surface area contributed by atoms with Crippen LogP contribution in [0.3, 0.4) is 0 Å². The Morgan fingerprint density at radius 1 is 1.37 bits per heavy atom. The predicted molar refractivity (Wildman–Crippen MR) is 74.9 cm³/mol. The second-order valence-electron chi connectivity index (χ2n) is 6.34. The molecule has 0 radical (unpaired) electrons. The highest BCUT2D eigenvalue weighted by molar-refractivity contribution is 5.24. The number of aliphatic hydroxyl groups excluding tert-OH is 1. The maximum Gasteiger partial charge on any atom is 0.0644 e.